The van der Waals surface area contributed by atoms with Crippen LogP contribution in [0.3, 0.4) is 0 Å². The van der Waals surface area contributed by atoms with Gasteiger partial charge in [-0.25, -0.2) is 0 Å². The molecule has 2 atom stereocenters. The van der Waals surface area contributed by atoms with Gasteiger partial charge in [0, 0.05) is 19.0 Å². The van der Waals surface area contributed by atoms with Crippen molar-refractivity contribution in [2.24, 2.45) is 0 Å². The molecular formula is C19H29ClN2O4. The third kappa shape index (κ3) is 7.72. The fourth-order valence-electron chi connectivity index (χ4n) is 2.76. The highest BCUT2D eigenvalue weighted by Gasteiger charge is 2.23. The van der Waals surface area contributed by atoms with Gasteiger partial charge in [0.25, 0.3) is 0 Å². The van der Waals surface area contributed by atoms with Gasteiger partial charge in [-0.3, -0.25) is 9.59 Å². The van der Waals surface area contributed by atoms with Crippen LogP contribution in [0.2, 0.25) is 0 Å². The summed E-state index contributed by atoms with van der Waals surface area (Å²) in [6.07, 6.45) is 0.258. The van der Waals surface area contributed by atoms with E-state index in [4.69, 9.17) is 9.47 Å². The van der Waals surface area contributed by atoms with Gasteiger partial charge in [-0.05, 0) is 26.3 Å². The molecule has 1 aliphatic heterocycles. The molecule has 0 aromatic heterocycles. The summed E-state index contributed by atoms with van der Waals surface area (Å²) >= 11 is 0. The summed E-state index contributed by atoms with van der Waals surface area (Å²) < 4.78 is 10.6. The normalized spacial score (nSPS) is 17.9. The highest BCUT2D eigenvalue weighted by atomic mass is 35.5. The van der Waals surface area contributed by atoms with Crippen molar-refractivity contribution >= 4 is 24.3 Å². The summed E-state index contributed by atoms with van der Waals surface area (Å²) in [5.74, 6) is -0.425. The molecule has 0 saturated carbocycles. The van der Waals surface area contributed by atoms with E-state index >= 15 is 0 Å². The maximum Gasteiger partial charge on any atom is 0.308 e. The molecule has 1 fully saturated rings. The number of nitrogens with one attached hydrogen (secondary N) is 2. The van der Waals surface area contributed by atoms with Crippen LogP contribution < -0.4 is 10.6 Å². The van der Waals surface area contributed by atoms with Crippen LogP contribution >= 0.6 is 12.4 Å². The summed E-state index contributed by atoms with van der Waals surface area (Å²) in [5.41, 5.74) is 2.02. The minimum Gasteiger partial charge on any atom is -0.463 e. The fourth-order valence-corrected chi connectivity index (χ4v) is 2.76. The zero-order valence-electron chi connectivity index (χ0n) is 15.6. The number of rotatable bonds is 7. The average Bonchev–Trinajstić information content (AvgIpc) is 2.55. The van der Waals surface area contributed by atoms with Crippen LogP contribution in [0.5, 0.6) is 0 Å². The molecule has 2 rings (SSSR count). The van der Waals surface area contributed by atoms with Crippen LogP contribution in [-0.2, 0) is 19.1 Å². The van der Waals surface area contributed by atoms with Gasteiger partial charge < -0.3 is 20.1 Å². The van der Waals surface area contributed by atoms with Gasteiger partial charge >= 0.3 is 5.97 Å². The van der Waals surface area contributed by atoms with Crippen molar-refractivity contribution < 1.29 is 19.1 Å². The Bertz CT molecular complexity index is 571. The maximum absolute atomic E-state index is 12.4. The lowest BCUT2D eigenvalue weighted by Crippen LogP contribution is -2.44. The van der Waals surface area contributed by atoms with Crippen LogP contribution in [0.15, 0.2) is 24.3 Å². The van der Waals surface area contributed by atoms with E-state index < -0.39 is 6.04 Å². The number of esters is 1. The zero-order valence-corrected chi connectivity index (χ0v) is 16.4. The summed E-state index contributed by atoms with van der Waals surface area (Å²) in [6, 6.07) is 7.42. The molecule has 1 aromatic carbocycles. The predicted molar refractivity (Wildman–Crippen MR) is 102 cm³/mol. The first kappa shape index (κ1) is 22.4. The second kappa shape index (κ2) is 11.2. The van der Waals surface area contributed by atoms with Gasteiger partial charge in [0.05, 0.1) is 31.8 Å². The summed E-state index contributed by atoms with van der Waals surface area (Å²) in [7, 11) is 0. The van der Waals surface area contributed by atoms with Gasteiger partial charge in [0.2, 0.25) is 5.91 Å². The number of halogens is 1. The molecule has 1 heterocycles. The monoisotopic (exact) mass is 384 g/mol. The van der Waals surface area contributed by atoms with E-state index in [-0.39, 0.29) is 42.9 Å². The minimum absolute atomic E-state index is 0. The third-order valence-electron chi connectivity index (χ3n) is 3.98. The Labute approximate surface area is 161 Å². The van der Waals surface area contributed by atoms with Gasteiger partial charge in [-0.2, -0.15) is 0 Å². The van der Waals surface area contributed by atoms with Crippen LogP contribution in [-0.4, -0.2) is 43.8 Å². The van der Waals surface area contributed by atoms with Crippen molar-refractivity contribution in [2.75, 3.05) is 19.8 Å². The van der Waals surface area contributed by atoms with E-state index in [0.29, 0.717) is 19.6 Å². The Kier molecular flexibility index (Phi) is 9.62. The number of amides is 1. The molecule has 0 spiro atoms. The van der Waals surface area contributed by atoms with Crippen molar-refractivity contribution in [3.8, 4) is 0 Å². The quantitative estimate of drug-likeness (QED) is 0.705. The number of carbonyl (C=O) groups excluding carboxylic acids is 2. The number of aryl methyl sites for hydroxylation is 1. The highest BCUT2D eigenvalue weighted by molar-refractivity contribution is 5.85. The summed E-state index contributed by atoms with van der Waals surface area (Å²) in [4.78, 5) is 24.5. The SMILES string of the molecule is Cc1ccc(C(CC(=O)OC(C)C)NC(=O)CC2COCCN2)cc1.Cl. The summed E-state index contributed by atoms with van der Waals surface area (Å²) in [5, 5.41) is 6.23. The van der Waals surface area contributed by atoms with Gasteiger partial charge in [0.1, 0.15) is 0 Å². The Balaban J connectivity index is 0.00000338. The van der Waals surface area contributed by atoms with Crippen LogP contribution in [0.4, 0.5) is 0 Å². The maximum atomic E-state index is 12.4. The molecule has 1 aliphatic rings. The number of morpholine rings is 1. The molecule has 1 amide bonds. The van der Waals surface area contributed by atoms with E-state index in [1.807, 2.05) is 45.0 Å². The van der Waals surface area contributed by atoms with Crippen molar-refractivity contribution in [1.29, 1.82) is 0 Å². The molecule has 2 unspecified atom stereocenters. The number of hydrogen-bond acceptors (Lipinski definition) is 5. The lowest BCUT2D eigenvalue weighted by atomic mass is 10.0. The number of carbonyl (C=O) groups is 2. The fraction of sp³-hybridized carbons (Fsp3) is 0.579. The van der Waals surface area contributed by atoms with Gasteiger partial charge in [-0.1, -0.05) is 29.8 Å². The molecule has 0 radical (unpaired) electrons. The molecule has 1 aromatic rings. The van der Waals surface area contributed by atoms with E-state index in [2.05, 4.69) is 10.6 Å². The molecule has 26 heavy (non-hydrogen) atoms. The van der Waals surface area contributed by atoms with Crippen molar-refractivity contribution in [1.82, 2.24) is 10.6 Å². The van der Waals surface area contributed by atoms with Crippen LogP contribution in [0.25, 0.3) is 0 Å². The first-order valence-corrected chi connectivity index (χ1v) is 8.80. The van der Waals surface area contributed by atoms with Crippen molar-refractivity contribution in [3.63, 3.8) is 0 Å². The predicted octanol–water partition coefficient (Wildman–Crippen LogP) is 2.29. The molecule has 7 heteroatoms. The first-order chi connectivity index (χ1) is 11.9. The van der Waals surface area contributed by atoms with Gasteiger partial charge in [-0.15, -0.1) is 12.4 Å². The molecule has 1 saturated heterocycles. The summed E-state index contributed by atoms with van der Waals surface area (Å²) in [6.45, 7) is 7.57. The van der Waals surface area contributed by atoms with Crippen molar-refractivity contribution in [3.05, 3.63) is 35.4 Å². The van der Waals surface area contributed by atoms with Crippen molar-refractivity contribution in [2.45, 2.75) is 51.8 Å². The topological polar surface area (TPSA) is 76.7 Å². The Morgan fingerprint density at radius 1 is 1.31 bits per heavy atom. The molecule has 6 nitrogen and oxygen atoms in total. The highest BCUT2D eigenvalue weighted by Crippen LogP contribution is 2.19. The number of hydrogen-bond donors (Lipinski definition) is 2. The van der Waals surface area contributed by atoms with Crippen LogP contribution in [0, 0.1) is 6.92 Å². The minimum atomic E-state index is -0.399. The number of ether oxygens (including phenoxy) is 2. The van der Waals surface area contributed by atoms with E-state index in [1.54, 1.807) is 0 Å². The molecule has 0 bridgehead atoms. The standard InChI is InChI=1S/C19H28N2O4.ClH/c1-13(2)25-19(23)11-17(15-6-4-14(3)5-7-15)21-18(22)10-16-12-24-9-8-20-16;/h4-7,13,16-17,20H,8-12H2,1-3H3,(H,21,22);1H. The van der Waals surface area contributed by atoms with Gasteiger partial charge in [0.15, 0.2) is 0 Å². The second-order valence-corrected chi connectivity index (χ2v) is 6.70. The smallest absolute Gasteiger partial charge is 0.308 e. The first-order valence-electron chi connectivity index (χ1n) is 8.80. The molecule has 2 N–H and O–H groups in total. The van der Waals surface area contributed by atoms with E-state index in [9.17, 15) is 9.59 Å². The lowest BCUT2D eigenvalue weighted by molar-refractivity contribution is -0.148. The second-order valence-electron chi connectivity index (χ2n) is 6.70. The zero-order chi connectivity index (χ0) is 18.2. The van der Waals surface area contributed by atoms with E-state index in [1.165, 1.54) is 0 Å². The Morgan fingerprint density at radius 3 is 2.58 bits per heavy atom. The molecule has 0 aliphatic carbocycles. The Morgan fingerprint density at radius 2 is 2.00 bits per heavy atom. The average molecular weight is 385 g/mol. The number of benzene rings is 1. The molecular weight excluding hydrogens is 356 g/mol. The van der Waals surface area contributed by atoms with Crippen LogP contribution in [0.1, 0.15) is 43.9 Å². The third-order valence-corrected chi connectivity index (χ3v) is 3.98. The lowest BCUT2D eigenvalue weighted by Gasteiger charge is -2.25. The van der Waals surface area contributed by atoms with E-state index in [0.717, 1.165) is 17.7 Å². The largest absolute Gasteiger partial charge is 0.463 e. The molecule has 146 valence electrons. The Hall–Kier alpha value is -1.63.